The number of benzene rings is 2. The lowest BCUT2D eigenvalue weighted by Gasteiger charge is -2.23. The molecule has 3 atom stereocenters. The van der Waals surface area contributed by atoms with Crippen molar-refractivity contribution >= 4 is 29.4 Å². The zero-order valence-electron chi connectivity index (χ0n) is 24.8. The monoisotopic (exact) mass is 588 g/mol. The molecule has 0 saturated heterocycles. The van der Waals surface area contributed by atoms with E-state index in [0.717, 1.165) is 23.6 Å². The van der Waals surface area contributed by atoms with Crippen LogP contribution in [0.25, 0.3) is 0 Å². The van der Waals surface area contributed by atoms with Gasteiger partial charge in [0.05, 0.1) is 32.8 Å². The van der Waals surface area contributed by atoms with E-state index in [4.69, 9.17) is 25.2 Å². The Labute approximate surface area is 253 Å². The van der Waals surface area contributed by atoms with Crippen LogP contribution >= 0.6 is 0 Å². The highest BCUT2D eigenvalue weighted by molar-refractivity contribution is 5.78. The van der Waals surface area contributed by atoms with Gasteiger partial charge in [-0.25, -0.2) is 0 Å². The number of nitrogens with zero attached hydrogens (tertiary/aromatic N) is 3. The van der Waals surface area contributed by atoms with Gasteiger partial charge in [-0.2, -0.15) is 15.0 Å². The van der Waals surface area contributed by atoms with Gasteiger partial charge in [0.1, 0.15) is 0 Å². The summed E-state index contributed by atoms with van der Waals surface area (Å²) in [4.78, 5) is 26.4. The Balaban J connectivity index is 1.13. The molecule has 230 valence electrons. The van der Waals surface area contributed by atoms with Crippen LogP contribution in [-0.4, -0.2) is 73.0 Å². The fraction of sp³-hybridized carbons (Fsp3) is 0.500. The van der Waals surface area contributed by atoms with Gasteiger partial charge in [-0.05, 0) is 60.8 Å². The zero-order valence-corrected chi connectivity index (χ0v) is 24.8. The Hall–Kier alpha value is -3.80. The third kappa shape index (κ3) is 9.87. The highest BCUT2D eigenvalue weighted by atomic mass is 16.5. The Morgan fingerprint density at radius 1 is 0.814 bits per heavy atom. The van der Waals surface area contributed by atoms with Crippen molar-refractivity contribution in [1.82, 2.24) is 20.3 Å². The van der Waals surface area contributed by atoms with E-state index in [0.29, 0.717) is 82.3 Å². The number of fused-ring (bicyclic) bond motifs is 2. The zero-order chi connectivity index (χ0) is 29.7. The van der Waals surface area contributed by atoms with E-state index in [1.54, 1.807) is 0 Å². The molecule has 2 bridgehead atoms. The van der Waals surface area contributed by atoms with Gasteiger partial charge in [-0.1, -0.05) is 48.9 Å². The van der Waals surface area contributed by atoms with Crippen LogP contribution in [0.2, 0.25) is 0 Å². The molecule has 0 aliphatic heterocycles. The number of rotatable bonds is 18. The Morgan fingerprint density at radius 2 is 1.58 bits per heavy atom. The number of nitrogens with one attached hydrogen (secondary N) is 4. The molecule has 6 N–H and O–H groups in total. The van der Waals surface area contributed by atoms with Gasteiger partial charge < -0.3 is 36.5 Å². The number of anilines is 4. The summed E-state index contributed by atoms with van der Waals surface area (Å²) in [6.45, 7) is 3.61. The molecule has 11 nitrogen and oxygen atoms in total. The van der Waals surface area contributed by atoms with Crippen LogP contribution in [0.15, 0.2) is 54.6 Å². The molecule has 5 rings (SSSR count). The average Bonchev–Trinajstić information content (AvgIpc) is 3.64. The molecule has 2 aliphatic rings. The second-order valence-electron chi connectivity index (χ2n) is 11.3. The van der Waals surface area contributed by atoms with Gasteiger partial charge in [0.25, 0.3) is 0 Å². The molecule has 0 radical (unpaired) electrons. The van der Waals surface area contributed by atoms with Crippen molar-refractivity contribution in [3.05, 3.63) is 65.7 Å². The number of hydrogen-bond acceptors (Lipinski definition) is 10. The molecule has 3 unspecified atom stereocenters. The van der Waals surface area contributed by atoms with E-state index in [-0.39, 0.29) is 5.91 Å². The summed E-state index contributed by atoms with van der Waals surface area (Å²) in [6, 6.07) is 18.5. The lowest BCUT2D eigenvalue weighted by molar-refractivity contribution is -0.120. The van der Waals surface area contributed by atoms with Crippen LogP contribution in [0, 0.1) is 11.8 Å². The number of aromatic nitrogens is 3. The summed E-state index contributed by atoms with van der Waals surface area (Å²) in [5.74, 6) is 3.08. The first-order chi connectivity index (χ1) is 21.1. The topological polar surface area (TPSA) is 148 Å². The maximum absolute atomic E-state index is 12.3. The van der Waals surface area contributed by atoms with Crippen LogP contribution in [0.5, 0.6) is 0 Å². The molecule has 1 amide bonds. The first-order valence-electron chi connectivity index (χ1n) is 15.4. The minimum atomic E-state index is -0.0521. The van der Waals surface area contributed by atoms with Gasteiger partial charge >= 0.3 is 0 Å². The number of nitrogens with two attached hydrogens (primary N) is 1. The van der Waals surface area contributed by atoms with Crippen LogP contribution in [-0.2, 0) is 27.1 Å². The van der Waals surface area contributed by atoms with E-state index < -0.39 is 0 Å². The van der Waals surface area contributed by atoms with Gasteiger partial charge in [-0.15, -0.1) is 0 Å². The lowest BCUT2D eigenvalue weighted by Crippen LogP contribution is -2.29. The number of hydrogen-bond donors (Lipinski definition) is 5. The molecular formula is C32H44N8O3. The van der Waals surface area contributed by atoms with E-state index in [1.165, 1.54) is 31.2 Å². The van der Waals surface area contributed by atoms with Crippen molar-refractivity contribution in [1.29, 1.82) is 0 Å². The number of amides is 1. The summed E-state index contributed by atoms with van der Waals surface area (Å²) in [6.07, 6.45) is 6.28. The molecule has 1 heterocycles. The first-order valence-corrected chi connectivity index (χ1v) is 15.4. The van der Waals surface area contributed by atoms with E-state index in [9.17, 15) is 4.79 Å². The summed E-state index contributed by atoms with van der Waals surface area (Å²) in [5.41, 5.74) is 8.38. The molecule has 43 heavy (non-hydrogen) atoms. The number of carbonyl (C=O) groups is 1. The fourth-order valence-corrected chi connectivity index (χ4v) is 5.88. The van der Waals surface area contributed by atoms with Gasteiger partial charge in [0, 0.05) is 31.4 Å². The highest BCUT2D eigenvalue weighted by Crippen LogP contribution is 2.45. The summed E-state index contributed by atoms with van der Waals surface area (Å²) in [7, 11) is 0. The molecule has 2 saturated carbocycles. The maximum Gasteiger partial charge on any atom is 0.233 e. The molecule has 2 aliphatic carbocycles. The number of ether oxygens (including phenoxy) is 2. The van der Waals surface area contributed by atoms with E-state index >= 15 is 0 Å². The van der Waals surface area contributed by atoms with Crippen LogP contribution in [0.1, 0.15) is 36.8 Å². The van der Waals surface area contributed by atoms with Crippen molar-refractivity contribution < 1.29 is 14.3 Å². The minimum absolute atomic E-state index is 0.0521. The second-order valence-corrected chi connectivity index (χ2v) is 11.3. The normalized spacial score (nSPS) is 18.9. The molecule has 11 heteroatoms. The Bertz CT molecular complexity index is 1280. The largest absolute Gasteiger partial charge is 0.378 e. The summed E-state index contributed by atoms with van der Waals surface area (Å²) < 4.78 is 10.7. The maximum atomic E-state index is 12.3. The molecular weight excluding hydrogens is 544 g/mol. The van der Waals surface area contributed by atoms with Crippen LogP contribution in [0.3, 0.4) is 0 Å². The Morgan fingerprint density at radius 3 is 2.33 bits per heavy atom. The van der Waals surface area contributed by atoms with Crippen LogP contribution in [0.4, 0.5) is 23.5 Å². The second kappa shape index (κ2) is 16.2. The fourth-order valence-electron chi connectivity index (χ4n) is 5.88. The predicted molar refractivity (Wildman–Crippen MR) is 168 cm³/mol. The molecule has 0 spiro atoms. The quantitative estimate of drug-likeness (QED) is 0.140. The molecule has 2 aromatic carbocycles. The van der Waals surface area contributed by atoms with Crippen molar-refractivity contribution in [2.75, 3.05) is 62.0 Å². The minimum Gasteiger partial charge on any atom is -0.378 e. The third-order valence-electron chi connectivity index (χ3n) is 8.01. The van der Waals surface area contributed by atoms with Crippen molar-refractivity contribution in [3.8, 4) is 0 Å². The third-order valence-corrected chi connectivity index (χ3v) is 8.01. The SMILES string of the molecule is NCCOCCOCCNC(=O)Cc1ccc(Nc2nc(NCCc3ccccc3)nc(NC3CC4CCC3C4)n2)cc1. The van der Waals surface area contributed by atoms with Gasteiger partial charge in [0.15, 0.2) is 0 Å². The van der Waals surface area contributed by atoms with Crippen molar-refractivity contribution in [2.24, 2.45) is 17.6 Å². The smallest absolute Gasteiger partial charge is 0.233 e. The standard InChI is InChI=1S/C32H44N8O3/c33-13-16-42-18-19-43-17-15-34-29(41)22-24-7-10-27(11-8-24)36-31-38-30(35-14-12-23-4-2-1-3-5-23)39-32(40-31)37-28-21-25-6-9-26(28)20-25/h1-5,7-8,10-11,25-26,28H,6,9,12-22,33H2,(H,34,41)(H3,35,36,37,38,39,40). The van der Waals surface area contributed by atoms with Crippen molar-refractivity contribution in [2.45, 2.75) is 44.6 Å². The van der Waals surface area contributed by atoms with Crippen LogP contribution < -0.4 is 27.0 Å². The van der Waals surface area contributed by atoms with Gasteiger partial charge in [0.2, 0.25) is 23.8 Å². The average molecular weight is 589 g/mol. The number of carbonyl (C=O) groups excluding carboxylic acids is 1. The Kier molecular flexibility index (Phi) is 11.5. The molecule has 2 fully saturated rings. The summed E-state index contributed by atoms with van der Waals surface area (Å²) >= 11 is 0. The highest BCUT2D eigenvalue weighted by Gasteiger charge is 2.39. The van der Waals surface area contributed by atoms with E-state index in [1.807, 2.05) is 30.3 Å². The molecule has 3 aromatic rings. The van der Waals surface area contributed by atoms with E-state index in [2.05, 4.69) is 50.5 Å². The summed E-state index contributed by atoms with van der Waals surface area (Å²) in [5, 5.41) is 13.2. The molecule has 1 aromatic heterocycles. The van der Waals surface area contributed by atoms with Gasteiger partial charge in [-0.3, -0.25) is 4.79 Å². The van der Waals surface area contributed by atoms with Crippen molar-refractivity contribution in [3.63, 3.8) is 0 Å². The predicted octanol–water partition coefficient (Wildman–Crippen LogP) is 3.52. The lowest BCUT2D eigenvalue weighted by atomic mass is 9.95. The first kappa shape index (κ1) is 30.7.